The van der Waals surface area contributed by atoms with Gasteiger partial charge >= 0.3 is 0 Å². The van der Waals surface area contributed by atoms with Crippen molar-refractivity contribution in [3.05, 3.63) is 84.4 Å². The van der Waals surface area contributed by atoms with Crippen LogP contribution in [0.5, 0.6) is 5.75 Å². The van der Waals surface area contributed by atoms with Gasteiger partial charge in [0.1, 0.15) is 5.75 Å². The van der Waals surface area contributed by atoms with Crippen LogP contribution in [0.3, 0.4) is 0 Å². The van der Waals surface area contributed by atoms with E-state index in [0.717, 1.165) is 5.69 Å². The third kappa shape index (κ3) is 5.05. The summed E-state index contributed by atoms with van der Waals surface area (Å²) in [5.74, 6) is 0.201. The minimum atomic E-state index is -3.85. The molecular formula is C21H21N3O4S. The number of hydrogen-bond acceptors (Lipinski definition) is 5. The zero-order valence-electron chi connectivity index (χ0n) is 16.0. The first-order chi connectivity index (χ1) is 13.9. The van der Waals surface area contributed by atoms with E-state index in [0.29, 0.717) is 11.4 Å². The number of hydrogen-bond donors (Lipinski definition) is 2. The van der Waals surface area contributed by atoms with E-state index < -0.39 is 15.9 Å². The molecule has 29 heavy (non-hydrogen) atoms. The minimum absolute atomic E-state index is 0.0108. The fraction of sp³-hybridized carbons (Fsp3) is 0.0952. The molecular weight excluding hydrogens is 390 g/mol. The molecule has 3 aromatic rings. The Morgan fingerprint density at radius 3 is 2.28 bits per heavy atom. The normalized spacial score (nSPS) is 10.8. The molecule has 0 spiro atoms. The number of rotatable bonds is 7. The van der Waals surface area contributed by atoms with Gasteiger partial charge in [-0.25, -0.2) is 8.42 Å². The number of sulfonamides is 1. The first kappa shape index (κ1) is 20.2. The highest BCUT2D eigenvalue weighted by atomic mass is 32.2. The Balaban J connectivity index is 1.76. The molecule has 3 rings (SSSR count). The quantitative estimate of drug-likeness (QED) is 0.583. The van der Waals surface area contributed by atoms with Crippen molar-refractivity contribution in [3.8, 4) is 5.75 Å². The number of anilines is 2. The molecule has 1 amide bonds. The van der Waals surface area contributed by atoms with Crippen LogP contribution in [0.4, 0.5) is 11.4 Å². The number of amides is 1. The maximum Gasteiger partial charge on any atom is 0.269 e. The lowest BCUT2D eigenvalue weighted by molar-refractivity contribution is 0.0951. The Morgan fingerprint density at radius 2 is 1.62 bits per heavy atom. The van der Waals surface area contributed by atoms with Gasteiger partial charge in [0, 0.05) is 18.3 Å². The third-order valence-corrected chi connectivity index (χ3v) is 5.54. The van der Waals surface area contributed by atoms with E-state index in [2.05, 4.69) is 10.1 Å². The van der Waals surface area contributed by atoms with Crippen molar-refractivity contribution in [2.45, 2.75) is 4.90 Å². The number of para-hydroxylation sites is 1. The monoisotopic (exact) mass is 411 g/mol. The highest BCUT2D eigenvalue weighted by Gasteiger charge is 2.17. The molecule has 3 aromatic carbocycles. The van der Waals surface area contributed by atoms with E-state index in [1.54, 1.807) is 42.4 Å². The van der Waals surface area contributed by atoms with E-state index in [1.165, 1.54) is 25.3 Å². The summed E-state index contributed by atoms with van der Waals surface area (Å²) < 4.78 is 32.9. The molecule has 0 bridgehead atoms. The summed E-state index contributed by atoms with van der Waals surface area (Å²) >= 11 is 0. The predicted octanol–water partition coefficient (Wildman–Crippen LogP) is 3.28. The Morgan fingerprint density at radius 1 is 0.931 bits per heavy atom. The van der Waals surface area contributed by atoms with Crippen molar-refractivity contribution in [1.82, 2.24) is 5.43 Å². The Kier molecular flexibility index (Phi) is 6.04. The maximum atomic E-state index is 12.7. The smallest absolute Gasteiger partial charge is 0.269 e. The first-order valence-corrected chi connectivity index (χ1v) is 10.2. The Hall–Kier alpha value is -3.52. The second-order valence-electron chi connectivity index (χ2n) is 6.20. The van der Waals surface area contributed by atoms with Gasteiger partial charge in [0.05, 0.1) is 17.7 Å². The Labute approximate surface area is 170 Å². The van der Waals surface area contributed by atoms with Crippen LogP contribution in [-0.4, -0.2) is 28.5 Å². The first-order valence-electron chi connectivity index (χ1n) is 8.76. The standard InChI is InChI=1S/C21H21N3O4S/c1-24(18-8-4-3-5-9-18)22-21(25)16-7-6-10-20(15-16)29(26,27)23-17-11-13-19(28-2)14-12-17/h3-15,23H,1-2H3,(H,22,25). The van der Waals surface area contributed by atoms with Crippen LogP contribution >= 0.6 is 0 Å². The van der Waals surface area contributed by atoms with Crippen molar-refractivity contribution >= 4 is 27.3 Å². The van der Waals surface area contributed by atoms with Gasteiger partial charge in [0.25, 0.3) is 15.9 Å². The fourth-order valence-electron chi connectivity index (χ4n) is 2.61. The summed E-state index contributed by atoms with van der Waals surface area (Å²) in [4.78, 5) is 12.5. The second kappa shape index (κ2) is 8.66. The molecule has 7 nitrogen and oxygen atoms in total. The van der Waals surface area contributed by atoms with Crippen molar-refractivity contribution < 1.29 is 17.9 Å². The molecule has 0 aromatic heterocycles. The number of carbonyl (C=O) groups excluding carboxylic acids is 1. The highest BCUT2D eigenvalue weighted by molar-refractivity contribution is 7.92. The van der Waals surface area contributed by atoms with Gasteiger partial charge in [-0.2, -0.15) is 0 Å². The second-order valence-corrected chi connectivity index (χ2v) is 7.88. The fourth-order valence-corrected chi connectivity index (χ4v) is 3.71. The summed E-state index contributed by atoms with van der Waals surface area (Å²) in [5.41, 5.74) is 4.14. The van der Waals surface area contributed by atoms with Gasteiger partial charge in [-0.15, -0.1) is 0 Å². The van der Waals surface area contributed by atoms with E-state index in [-0.39, 0.29) is 10.5 Å². The SMILES string of the molecule is COc1ccc(NS(=O)(=O)c2cccc(C(=O)NN(C)c3ccccc3)c2)cc1. The molecule has 150 valence electrons. The molecule has 0 saturated heterocycles. The van der Waals surface area contributed by atoms with E-state index in [4.69, 9.17) is 4.74 Å². The van der Waals surface area contributed by atoms with Crippen LogP contribution in [-0.2, 0) is 10.0 Å². The van der Waals surface area contributed by atoms with E-state index in [1.807, 2.05) is 30.3 Å². The molecule has 0 radical (unpaired) electrons. The van der Waals surface area contributed by atoms with Crippen LogP contribution in [0.15, 0.2) is 83.8 Å². The lowest BCUT2D eigenvalue weighted by Gasteiger charge is -2.20. The predicted molar refractivity (Wildman–Crippen MR) is 113 cm³/mol. The van der Waals surface area contributed by atoms with Gasteiger partial charge < -0.3 is 4.74 Å². The van der Waals surface area contributed by atoms with Gasteiger partial charge in [0.15, 0.2) is 0 Å². The van der Waals surface area contributed by atoms with Gasteiger partial charge in [-0.3, -0.25) is 20.0 Å². The number of nitrogens with zero attached hydrogens (tertiary/aromatic N) is 1. The lowest BCUT2D eigenvalue weighted by atomic mass is 10.2. The summed E-state index contributed by atoms with van der Waals surface area (Å²) in [6, 6.07) is 21.6. The number of methoxy groups -OCH3 is 1. The molecule has 0 aliphatic carbocycles. The summed E-state index contributed by atoms with van der Waals surface area (Å²) in [5, 5.41) is 1.57. The van der Waals surface area contributed by atoms with Crippen LogP contribution in [0.25, 0.3) is 0 Å². The number of ether oxygens (including phenoxy) is 1. The lowest BCUT2D eigenvalue weighted by Crippen LogP contribution is -2.39. The molecule has 2 N–H and O–H groups in total. The van der Waals surface area contributed by atoms with E-state index in [9.17, 15) is 13.2 Å². The highest BCUT2D eigenvalue weighted by Crippen LogP contribution is 2.20. The Bertz CT molecular complexity index is 1080. The van der Waals surface area contributed by atoms with Crippen molar-refractivity contribution in [3.63, 3.8) is 0 Å². The average molecular weight is 411 g/mol. The zero-order valence-corrected chi connectivity index (χ0v) is 16.8. The maximum absolute atomic E-state index is 12.7. The number of carbonyl (C=O) groups is 1. The largest absolute Gasteiger partial charge is 0.497 e. The zero-order chi connectivity index (χ0) is 20.9. The topological polar surface area (TPSA) is 87.7 Å². The van der Waals surface area contributed by atoms with Gasteiger partial charge in [0.2, 0.25) is 0 Å². The summed E-state index contributed by atoms with van der Waals surface area (Å²) in [7, 11) is -0.614. The average Bonchev–Trinajstić information content (AvgIpc) is 2.74. The van der Waals surface area contributed by atoms with Gasteiger partial charge in [-0.1, -0.05) is 24.3 Å². The van der Waals surface area contributed by atoms with Crippen LogP contribution in [0.1, 0.15) is 10.4 Å². The molecule has 0 saturated carbocycles. The molecule has 0 fully saturated rings. The molecule has 0 atom stereocenters. The number of hydrazine groups is 1. The van der Waals surface area contributed by atoms with Crippen molar-refractivity contribution in [2.24, 2.45) is 0 Å². The molecule has 0 aliphatic rings. The van der Waals surface area contributed by atoms with Crippen LogP contribution < -0.4 is 19.9 Å². The molecule has 0 heterocycles. The van der Waals surface area contributed by atoms with Crippen molar-refractivity contribution in [1.29, 1.82) is 0 Å². The minimum Gasteiger partial charge on any atom is -0.497 e. The van der Waals surface area contributed by atoms with Crippen molar-refractivity contribution in [2.75, 3.05) is 23.9 Å². The third-order valence-electron chi connectivity index (χ3n) is 4.16. The molecule has 0 unspecified atom stereocenters. The summed E-state index contributed by atoms with van der Waals surface area (Å²) in [6.07, 6.45) is 0. The van der Waals surface area contributed by atoms with E-state index >= 15 is 0 Å². The number of benzene rings is 3. The molecule has 8 heteroatoms. The summed E-state index contributed by atoms with van der Waals surface area (Å²) in [6.45, 7) is 0. The number of nitrogens with one attached hydrogen (secondary N) is 2. The molecule has 0 aliphatic heterocycles. The van der Waals surface area contributed by atoms with Crippen LogP contribution in [0, 0.1) is 0 Å². The van der Waals surface area contributed by atoms with Crippen LogP contribution in [0.2, 0.25) is 0 Å². The van der Waals surface area contributed by atoms with Gasteiger partial charge in [-0.05, 0) is 54.6 Å².